The zero-order valence-electron chi connectivity index (χ0n) is 12.2. The van der Waals surface area contributed by atoms with Crippen molar-refractivity contribution >= 4 is 17.8 Å². The first-order valence-corrected chi connectivity index (χ1v) is 9.06. The van der Waals surface area contributed by atoms with Crippen molar-refractivity contribution in [2.45, 2.75) is 50.7 Å². The van der Waals surface area contributed by atoms with Gasteiger partial charge < -0.3 is 15.7 Å². The maximum absolute atomic E-state index is 12.0. The molecule has 1 heterocycles. The maximum atomic E-state index is 12.0. The summed E-state index contributed by atoms with van der Waals surface area (Å²) in [5, 5.41) is 16.1. The molecule has 5 heteroatoms. The molecule has 5 unspecified atom stereocenters. The highest BCUT2D eigenvalue weighted by atomic mass is 32.2. The number of thioether (sulfide) groups is 1. The molecule has 1 aliphatic heterocycles. The Balaban J connectivity index is 1.42. The fourth-order valence-electron chi connectivity index (χ4n) is 4.25. The van der Waals surface area contributed by atoms with Crippen molar-refractivity contribution in [1.82, 2.24) is 10.6 Å². The lowest BCUT2D eigenvalue weighted by atomic mass is 9.84. The highest BCUT2D eigenvalue weighted by Gasteiger charge is 2.42. The van der Waals surface area contributed by atoms with Crippen LogP contribution in [0.3, 0.4) is 0 Å². The van der Waals surface area contributed by atoms with E-state index in [0.29, 0.717) is 12.5 Å². The molecule has 20 heavy (non-hydrogen) atoms. The number of urea groups is 1. The topological polar surface area (TPSA) is 61.4 Å². The number of hydrogen-bond acceptors (Lipinski definition) is 3. The molecule has 0 spiro atoms. The Bertz CT molecular complexity index is 371. The molecule has 2 aliphatic carbocycles. The van der Waals surface area contributed by atoms with E-state index >= 15 is 0 Å². The number of nitrogens with one attached hydrogen (secondary N) is 2. The van der Waals surface area contributed by atoms with Gasteiger partial charge in [-0.1, -0.05) is 6.42 Å². The van der Waals surface area contributed by atoms with Gasteiger partial charge in [0, 0.05) is 18.3 Å². The third kappa shape index (κ3) is 3.08. The van der Waals surface area contributed by atoms with Crippen LogP contribution in [0, 0.1) is 17.8 Å². The summed E-state index contributed by atoms with van der Waals surface area (Å²) < 4.78 is 0. The molecule has 4 nitrogen and oxygen atoms in total. The summed E-state index contributed by atoms with van der Waals surface area (Å²) in [4.78, 5) is 12.0. The number of hydrogen-bond donors (Lipinski definition) is 3. The van der Waals surface area contributed by atoms with Crippen molar-refractivity contribution in [3.05, 3.63) is 0 Å². The highest BCUT2D eigenvalue weighted by Crippen LogP contribution is 2.49. The third-order valence-electron chi connectivity index (χ3n) is 5.45. The van der Waals surface area contributed by atoms with Gasteiger partial charge in [0.25, 0.3) is 0 Å². The summed E-state index contributed by atoms with van der Waals surface area (Å²) in [6, 6.07) is 0.128. The molecule has 5 atom stereocenters. The zero-order valence-corrected chi connectivity index (χ0v) is 13.0. The van der Waals surface area contributed by atoms with Gasteiger partial charge in [-0.15, -0.1) is 0 Å². The normalized spacial score (nSPS) is 40.8. The fraction of sp³-hybridized carbons (Fsp3) is 0.933. The Morgan fingerprint density at radius 1 is 1.45 bits per heavy atom. The Kier molecular flexibility index (Phi) is 4.18. The van der Waals surface area contributed by atoms with Crippen LogP contribution in [0.15, 0.2) is 0 Å². The summed E-state index contributed by atoms with van der Waals surface area (Å²) in [5.74, 6) is 4.11. The molecule has 0 aromatic carbocycles. The van der Waals surface area contributed by atoms with E-state index in [-0.39, 0.29) is 12.1 Å². The molecule has 3 fully saturated rings. The second-order valence-corrected chi connectivity index (χ2v) is 8.09. The predicted octanol–water partition coefficient (Wildman–Crippen LogP) is 1.98. The molecule has 0 aromatic rings. The van der Waals surface area contributed by atoms with Crippen molar-refractivity contribution in [1.29, 1.82) is 0 Å². The smallest absolute Gasteiger partial charge is 0.315 e. The minimum absolute atomic E-state index is 0.120. The van der Waals surface area contributed by atoms with E-state index in [9.17, 15) is 9.90 Å². The van der Waals surface area contributed by atoms with Crippen LogP contribution < -0.4 is 10.6 Å². The van der Waals surface area contributed by atoms with Crippen LogP contribution in [0.4, 0.5) is 4.79 Å². The van der Waals surface area contributed by atoms with E-state index in [2.05, 4.69) is 17.6 Å². The SMILES string of the molecule is CC(NC(=O)NCC1(O)CCSC1)C1CC2CCC1C2. The van der Waals surface area contributed by atoms with Gasteiger partial charge in [-0.25, -0.2) is 4.79 Å². The van der Waals surface area contributed by atoms with Gasteiger partial charge in [-0.2, -0.15) is 11.8 Å². The first kappa shape index (κ1) is 14.5. The molecule has 2 amide bonds. The minimum Gasteiger partial charge on any atom is -0.387 e. The van der Waals surface area contributed by atoms with Gasteiger partial charge >= 0.3 is 6.03 Å². The number of amides is 2. The lowest BCUT2D eigenvalue weighted by molar-refractivity contribution is 0.0697. The third-order valence-corrected chi connectivity index (χ3v) is 6.69. The van der Waals surface area contributed by atoms with Crippen LogP contribution in [-0.2, 0) is 0 Å². The van der Waals surface area contributed by atoms with E-state index in [0.717, 1.165) is 29.8 Å². The van der Waals surface area contributed by atoms with Crippen LogP contribution >= 0.6 is 11.8 Å². The summed E-state index contributed by atoms with van der Waals surface area (Å²) >= 11 is 1.75. The van der Waals surface area contributed by atoms with Crippen molar-refractivity contribution in [2.24, 2.45) is 17.8 Å². The lowest BCUT2D eigenvalue weighted by Gasteiger charge is -2.29. The Morgan fingerprint density at radius 2 is 2.30 bits per heavy atom. The van der Waals surface area contributed by atoms with E-state index in [1.165, 1.54) is 25.7 Å². The molecule has 0 radical (unpaired) electrons. The number of fused-ring (bicyclic) bond motifs is 2. The van der Waals surface area contributed by atoms with Gasteiger partial charge in [-0.3, -0.25) is 0 Å². The number of rotatable bonds is 4. The van der Waals surface area contributed by atoms with Crippen LogP contribution in [0.5, 0.6) is 0 Å². The van der Waals surface area contributed by atoms with E-state index in [4.69, 9.17) is 0 Å². The van der Waals surface area contributed by atoms with Crippen molar-refractivity contribution < 1.29 is 9.90 Å². The second kappa shape index (κ2) is 5.76. The van der Waals surface area contributed by atoms with Gasteiger partial charge in [0.05, 0.1) is 5.60 Å². The fourth-order valence-corrected chi connectivity index (χ4v) is 5.55. The van der Waals surface area contributed by atoms with Crippen molar-refractivity contribution in [3.63, 3.8) is 0 Å². The number of aliphatic hydroxyl groups is 1. The molecule has 2 saturated carbocycles. The molecular weight excluding hydrogens is 272 g/mol. The molecule has 2 bridgehead atoms. The summed E-state index contributed by atoms with van der Waals surface area (Å²) in [6.07, 6.45) is 6.17. The lowest BCUT2D eigenvalue weighted by Crippen LogP contribution is -2.50. The van der Waals surface area contributed by atoms with Crippen LogP contribution in [0.25, 0.3) is 0 Å². The van der Waals surface area contributed by atoms with Gasteiger partial charge in [0.2, 0.25) is 0 Å². The van der Waals surface area contributed by atoms with Crippen LogP contribution in [0.2, 0.25) is 0 Å². The Labute approximate surface area is 125 Å². The molecule has 3 rings (SSSR count). The average Bonchev–Trinajstić information content (AvgIpc) is 3.12. The molecule has 114 valence electrons. The summed E-state index contributed by atoms with van der Waals surface area (Å²) in [6.45, 7) is 2.50. The second-order valence-electron chi connectivity index (χ2n) is 6.98. The van der Waals surface area contributed by atoms with Gasteiger partial charge in [0.15, 0.2) is 0 Å². The largest absolute Gasteiger partial charge is 0.387 e. The van der Waals surface area contributed by atoms with Crippen molar-refractivity contribution in [2.75, 3.05) is 18.1 Å². The van der Waals surface area contributed by atoms with Gasteiger partial charge in [-0.05, 0) is 56.1 Å². The zero-order chi connectivity index (χ0) is 14.2. The Morgan fingerprint density at radius 3 is 2.90 bits per heavy atom. The molecule has 0 aromatic heterocycles. The summed E-state index contributed by atoms with van der Waals surface area (Å²) in [5.41, 5.74) is -0.697. The van der Waals surface area contributed by atoms with Crippen LogP contribution in [0.1, 0.15) is 39.0 Å². The number of carbonyl (C=O) groups excluding carboxylic acids is 1. The molecular formula is C15H26N2O2S. The molecule has 3 N–H and O–H groups in total. The maximum Gasteiger partial charge on any atom is 0.315 e. The monoisotopic (exact) mass is 298 g/mol. The van der Waals surface area contributed by atoms with E-state index < -0.39 is 5.60 Å². The number of carbonyl (C=O) groups is 1. The highest BCUT2D eigenvalue weighted by molar-refractivity contribution is 7.99. The van der Waals surface area contributed by atoms with E-state index in [1.54, 1.807) is 11.8 Å². The first-order valence-electron chi connectivity index (χ1n) is 7.90. The quantitative estimate of drug-likeness (QED) is 0.744. The Hall–Kier alpha value is -0.420. The molecule has 1 saturated heterocycles. The minimum atomic E-state index is -0.697. The van der Waals surface area contributed by atoms with Crippen molar-refractivity contribution in [3.8, 4) is 0 Å². The predicted molar refractivity (Wildman–Crippen MR) is 81.8 cm³/mol. The standard InChI is InChI=1S/C15H26N2O2S/c1-10(13-7-11-2-3-12(13)6-11)17-14(18)16-8-15(19)4-5-20-9-15/h10-13,19H,2-9H2,1H3,(H2,16,17,18). The summed E-state index contributed by atoms with van der Waals surface area (Å²) in [7, 11) is 0. The van der Waals surface area contributed by atoms with E-state index in [1.807, 2.05) is 0 Å². The van der Waals surface area contributed by atoms with Crippen LogP contribution in [-0.4, -0.2) is 40.8 Å². The first-order chi connectivity index (χ1) is 9.56. The average molecular weight is 298 g/mol. The molecule has 3 aliphatic rings. The van der Waals surface area contributed by atoms with Gasteiger partial charge in [0.1, 0.15) is 0 Å².